The second kappa shape index (κ2) is 5.67. The van der Waals surface area contributed by atoms with Crippen LogP contribution in [0.3, 0.4) is 0 Å². The number of rotatable bonds is 4. The second-order valence-electron chi connectivity index (χ2n) is 2.91. The minimum Gasteiger partial charge on any atom is -0.393 e. The third-order valence-electron chi connectivity index (χ3n) is 1.67. The summed E-state index contributed by atoms with van der Waals surface area (Å²) in [4.78, 5) is 1.12. The van der Waals surface area contributed by atoms with Crippen molar-refractivity contribution in [2.24, 2.45) is 5.73 Å². The van der Waals surface area contributed by atoms with E-state index in [2.05, 4.69) is 5.32 Å². The van der Waals surface area contributed by atoms with Crippen molar-refractivity contribution in [2.45, 2.75) is 13.0 Å². The highest BCUT2D eigenvalue weighted by molar-refractivity contribution is 7.82. The predicted molar refractivity (Wildman–Crippen MR) is 67.3 cm³/mol. The first-order chi connectivity index (χ1) is 6.68. The summed E-state index contributed by atoms with van der Waals surface area (Å²) >= 11 is 9.80. The van der Waals surface area contributed by atoms with Gasteiger partial charge in [0.25, 0.3) is 0 Å². The van der Waals surface area contributed by atoms with Gasteiger partial charge in [-0.3, -0.25) is 0 Å². The molecular weight excluding hydrogens is 212 g/mol. The van der Waals surface area contributed by atoms with Gasteiger partial charge in [0.05, 0.1) is 9.98 Å². The van der Waals surface area contributed by atoms with Crippen LogP contribution in [0.4, 0.5) is 0 Å². The molecule has 0 radical (unpaired) electrons. The Morgan fingerprint density at radius 1 is 1.21 bits per heavy atom. The monoisotopic (exact) mass is 224 g/mol. The molecule has 1 rings (SSSR count). The van der Waals surface area contributed by atoms with Gasteiger partial charge in [-0.25, -0.2) is 0 Å². The van der Waals surface area contributed by atoms with Crippen molar-refractivity contribution in [2.75, 3.05) is 0 Å². The molecule has 0 spiro atoms. The van der Waals surface area contributed by atoms with Crippen molar-refractivity contribution >= 4 is 34.4 Å². The zero-order chi connectivity index (χ0) is 10.4. The van der Waals surface area contributed by atoms with Crippen LogP contribution < -0.4 is 11.1 Å². The van der Waals surface area contributed by atoms with E-state index in [-0.39, 0.29) is 0 Å². The molecule has 0 unspecified atom stereocenters. The fourth-order valence-corrected chi connectivity index (χ4v) is 1.48. The van der Waals surface area contributed by atoms with Crippen LogP contribution in [-0.2, 0) is 6.54 Å². The molecule has 0 amide bonds. The summed E-state index contributed by atoms with van der Waals surface area (Å²) in [5, 5.41) is 3.09. The minimum absolute atomic E-state index is 0.426. The number of thiocarbonyl (C=S) groups is 2. The van der Waals surface area contributed by atoms with E-state index in [1.54, 1.807) is 0 Å². The van der Waals surface area contributed by atoms with E-state index in [4.69, 9.17) is 30.2 Å². The molecule has 0 aromatic heterocycles. The summed E-state index contributed by atoms with van der Waals surface area (Å²) in [5.41, 5.74) is 6.56. The number of nitrogens with one attached hydrogen (secondary N) is 1. The van der Waals surface area contributed by atoms with E-state index in [1.165, 1.54) is 5.56 Å². The Hall–Kier alpha value is -1.00. The van der Waals surface area contributed by atoms with Gasteiger partial charge in [-0.2, -0.15) is 0 Å². The van der Waals surface area contributed by atoms with E-state index in [1.807, 2.05) is 30.3 Å². The molecule has 4 heteroatoms. The first-order valence-electron chi connectivity index (χ1n) is 4.27. The van der Waals surface area contributed by atoms with Crippen LogP contribution in [0.5, 0.6) is 0 Å². The largest absolute Gasteiger partial charge is 0.393 e. The lowest BCUT2D eigenvalue weighted by atomic mass is 10.2. The van der Waals surface area contributed by atoms with Crippen LogP contribution in [-0.4, -0.2) is 9.98 Å². The van der Waals surface area contributed by atoms with E-state index in [0.717, 1.165) is 6.54 Å². The van der Waals surface area contributed by atoms with Crippen molar-refractivity contribution in [3.05, 3.63) is 35.9 Å². The first-order valence-corrected chi connectivity index (χ1v) is 5.09. The number of benzene rings is 1. The summed E-state index contributed by atoms with van der Waals surface area (Å²) in [5.74, 6) is 0. The molecule has 0 bridgehead atoms. The topological polar surface area (TPSA) is 38.0 Å². The zero-order valence-electron chi connectivity index (χ0n) is 7.69. The molecule has 0 saturated heterocycles. The highest BCUT2D eigenvalue weighted by Crippen LogP contribution is 1.97. The van der Waals surface area contributed by atoms with Crippen LogP contribution in [0, 0.1) is 0 Å². The Morgan fingerprint density at radius 2 is 1.86 bits per heavy atom. The van der Waals surface area contributed by atoms with Crippen molar-refractivity contribution in [3.8, 4) is 0 Å². The van der Waals surface area contributed by atoms with Gasteiger partial charge in [-0.1, -0.05) is 54.8 Å². The molecule has 3 N–H and O–H groups in total. The molecule has 0 heterocycles. The quantitative estimate of drug-likeness (QED) is 0.765. The Morgan fingerprint density at radius 3 is 2.43 bits per heavy atom. The summed E-state index contributed by atoms with van der Waals surface area (Å²) in [6.07, 6.45) is 0.484. The molecule has 0 saturated carbocycles. The molecule has 0 fully saturated rings. The average Bonchev–Trinajstić information content (AvgIpc) is 2.15. The Labute approximate surface area is 94.5 Å². The zero-order valence-corrected chi connectivity index (χ0v) is 9.33. The SMILES string of the molecule is NC(=S)CC(=S)NCc1ccccc1. The maximum Gasteiger partial charge on any atom is 0.0824 e. The van der Waals surface area contributed by atoms with E-state index in [0.29, 0.717) is 16.4 Å². The van der Waals surface area contributed by atoms with Crippen LogP contribution in [0.25, 0.3) is 0 Å². The normalized spacial score (nSPS) is 9.43. The van der Waals surface area contributed by atoms with Gasteiger partial charge >= 0.3 is 0 Å². The molecule has 0 aliphatic rings. The van der Waals surface area contributed by atoms with E-state index >= 15 is 0 Å². The highest BCUT2D eigenvalue weighted by Gasteiger charge is 1.97. The predicted octanol–water partition coefficient (Wildman–Crippen LogP) is 1.78. The maximum absolute atomic E-state index is 5.37. The summed E-state index contributed by atoms with van der Waals surface area (Å²) in [6, 6.07) is 10.0. The lowest BCUT2D eigenvalue weighted by Gasteiger charge is -2.06. The van der Waals surface area contributed by atoms with Crippen LogP contribution in [0.1, 0.15) is 12.0 Å². The van der Waals surface area contributed by atoms with Gasteiger partial charge in [-0.15, -0.1) is 0 Å². The minimum atomic E-state index is 0.426. The molecule has 2 nitrogen and oxygen atoms in total. The van der Waals surface area contributed by atoms with Gasteiger partial charge in [-0.05, 0) is 5.56 Å². The molecule has 1 aromatic rings. The van der Waals surface area contributed by atoms with Gasteiger partial charge in [0.2, 0.25) is 0 Å². The Balaban J connectivity index is 2.34. The number of hydrogen-bond donors (Lipinski definition) is 2. The van der Waals surface area contributed by atoms with Crippen molar-refractivity contribution < 1.29 is 0 Å². The third-order valence-corrected chi connectivity index (χ3v) is 2.10. The highest BCUT2D eigenvalue weighted by atomic mass is 32.1. The van der Waals surface area contributed by atoms with Crippen molar-refractivity contribution in [1.82, 2.24) is 5.32 Å². The van der Waals surface area contributed by atoms with Crippen LogP contribution in [0.15, 0.2) is 30.3 Å². The average molecular weight is 224 g/mol. The van der Waals surface area contributed by atoms with Crippen LogP contribution >= 0.6 is 24.4 Å². The Bertz CT molecular complexity index is 322. The third kappa shape index (κ3) is 4.30. The molecule has 0 aliphatic carbocycles. The maximum atomic E-state index is 5.37. The van der Waals surface area contributed by atoms with Crippen molar-refractivity contribution in [3.63, 3.8) is 0 Å². The van der Waals surface area contributed by atoms with Crippen LogP contribution in [0.2, 0.25) is 0 Å². The first kappa shape index (κ1) is 11.1. The summed E-state index contributed by atoms with van der Waals surface area (Å²) in [7, 11) is 0. The van der Waals surface area contributed by atoms with E-state index < -0.39 is 0 Å². The number of hydrogen-bond acceptors (Lipinski definition) is 2. The van der Waals surface area contributed by atoms with Gasteiger partial charge in [0.1, 0.15) is 0 Å². The summed E-state index contributed by atoms with van der Waals surface area (Å²) < 4.78 is 0. The van der Waals surface area contributed by atoms with Gasteiger partial charge in [0.15, 0.2) is 0 Å². The molecular formula is C10H12N2S2. The summed E-state index contributed by atoms with van der Waals surface area (Å²) in [6.45, 7) is 0.724. The molecule has 74 valence electrons. The van der Waals surface area contributed by atoms with Gasteiger partial charge < -0.3 is 11.1 Å². The lowest BCUT2D eigenvalue weighted by Crippen LogP contribution is -2.25. The molecule has 0 atom stereocenters. The lowest BCUT2D eigenvalue weighted by molar-refractivity contribution is 0.919. The fraction of sp³-hybridized carbons (Fsp3) is 0.200. The molecule has 14 heavy (non-hydrogen) atoms. The number of nitrogens with two attached hydrogens (primary N) is 1. The van der Waals surface area contributed by atoms with E-state index in [9.17, 15) is 0 Å². The second-order valence-corrected chi connectivity index (χ2v) is 3.92. The smallest absolute Gasteiger partial charge is 0.0824 e. The Kier molecular flexibility index (Phi) is 4.49. The fourth-order valence-electron chi connectivity index (χ4n) is 1.02. The molecule has 1 aromatic carbocycles. The molecule has 0 aliphatic heterocycles. The van der Waals surface area contributed by atoms with Gasteiger partial charge in [0, 0.05) is 13.0 Å². The van der Waals surface area contributed by atoms with Crippen molar-refractivity contribution in [1.29, 1.82) is 0 Å². The standard InChI is InChI=1S/C10H12N2S2/c11-9(13)6-10(14)12-7-8-4-2-1-3-5-8/h1-5H,6-7H2,(H2,11,13)(H,12,14).